The highest BCUT2D eigenvalue weighted by atomic mass is 31.1. The van der Waals surface area contributed by atoms with E-state index in [1.807, 2.05) is 6.07 Å². The Balaban J connectivity index is 2.50. The molecule has 5 heteroatoms. The van der Waals surface area contributed by atoms with E-state index in [1.165, 1.54) is 14.2 Å². The van der Waals surface area contributed by atoms with E-state index in [0.717, 1.165) is 0 Å². The molecule has 108 valence electrons. The minimum absolute atomic E-state index is 0.265. The van der Waals surface area contributed by atoms with Gasteiger partial charge < -0.3 is 9.47 Å². The minimum atomic E-state index is -0.781. The number of rotatable bonds is 6. The first-order valence-corrected chi connectivity index (χ1v) is 7.23. The number of carbonyl (C=O) groups is 1. The van der Waals surface area contributed by atoms with E-state index in [-0.39, 0.29) is 14.2 Å². The molecule has 0 amide bonds. The van der Waals surface area contributed by atoms with E-state index < -0.39 is 5.66 Å². The van der Waals surface area contributed by atoms with Crippen LogP contribution < -0.4 is 9.47 Å². The first-order valence-electron chi connectivity index (χ1n) is 6.35. The summed E-state index contributed by atoms with van der Waals surface area (Å²) in [7, 11) is 2.70. The summed E-state index contributed by atoms with van der Waals surface area (Å²) in [6.07, 6.45) is 0. The predicted molar refractivity (Wildman–Crippen MR) is 80.7 cm³/mol. The molecule has 0 aliphatic heterocycles. The van der Waals surface area contributed by atoms with Crippen LogP contribution in [-0.4, -0.2) is 20.0 Å². The maximum Gasteiger partial charge on any atom is 0.189 e. The van der Waals surface area contributed by atoms with E-state index in [4.69, 9.17) is 9.47 Å². The SMILES string of the molecule is COc1cccc(OC)c1C(=O)C(P=O)c1ccccc1. The molecule has 0 radical (unpaired) electrons. The lowest BCUT2D eigenvalue weighted by molar-refractivity contribution is 0.0982. The first-order chi connectivity index (χ1) is 10.2. The average molecular weight is 302 g/mol. The molecule has 0 aliphatic carbocycles. The number of methoxy groups -OCH3 is 2. The van der Waals surface area contributed by atoms with Crippen molar-refractivity contribution in [3.05, 3.63) is 59.7 Å². The molecule has 0 saturated heterocycles. The Hall–Kier alpha value is -2.19. The van der Waals surface area contributed by atoms with Crippen LogP contribution in [-0.2, 0) is 4.57 Å². The highest BCUT2D eigenvalue weighted by Gasteiger charge is 2.28. The van der Waals surface area contributed by atoms with Gasteiger partial charge in [0, 0.05) is 0 Å². The summed E-state index contributed by atoms with van der Waals surface area (Å²) in [6, 6.07) is 14.1. The minimum Gasteiger partial charge on any atom is -0.496 e. The summed E-state index contributed by atoms with van der Waals surface area (Å²) in [5.41, 5.74) is 0.211. The van der Waals surface area contributed by atoms with Crippen molar-refractivity contribution in [3.63, 3.8) is 0 Å². The molecule has 0 bridgehead atoms. The maximum atomic E-state index is 12.8. The van der Waals surface area contributed by atoms with E-state index in [0.29, 0.717) is 22.6 Å². The van der Waals surface area contributed by atoms with E-state index in [2.05, 4.69) is 0 Å². The molecular weight excluding hydrogens is 287 g/mol. The standard InChI is InChI=1S/C16H15O4P/c1-19-12-9-6-10-13(20-2)14(12)15(17)16(21-18)11-7-4-3-5-8-11/h3-10,16H,1-2H3. The molecule has 1 unspecified atom stereocenters. The second kappa shape index (κ2) is 7.00. The van der Waals surface area contributed by atoms with Gasteiger partial charge >= 0.3 is 0 Å². The van der Waals surface area contributed by atoms with Crippen molar-refractivity contribution in [1.82, 2.24) is 0 Å². The van der Waals surface area contributed by atoms with Crippen molar-refractivity contribution >= 4 is 14.2 Å². The molecule has 0 aromatic heterocycles. The van der Waals surface area contributed by atoms with Crippen molar-refractivity contribution in [1.29, 1.82) is 0 Å². The van der Waals surface area contributed by atoms with Gasteiger partial charge in [-0.05, 0) is 17.7 Å². The Morgan fingerprint density at radius 3 is 2.00 bits per heavy atom. The van der Waals surface area contributed by atoms with Crippen LogP contribution in [0.5, 0.6) is 11.5 Å². The van der Waals surface area contributed by atoms with Gasteiger partial charge in [0.15, 0.2) is 14.2 Å². The molecule has 1 atom stereocenters. The van der Waals surface area contributed by atoms with Gasteiger partial charge in [-0.3, -0.25) is 9.36 Å². The lowest BCUT2D eigenvalue weighted by atomic mass is 10.0. The number of Topliss-reactive ketones (excluding diaryl/α,β-unsaturated/α-hetero) is 1. The van der Waals surface area contributed by atoms with Gasteiger partial charge in [0.05, 0.1) is 14.2 Å². The van der Waals surface area contributed by atoms with E-state index in [9.17, 15) is 9.36 Å². The number of ether oxygens (including phenoxy) is 2. The molecule has 0 heterocycles. The summed E-state index contributed by atoms with van der Waals surface area (Å²) in [5.74, 6) is 0.514. The molecule has 2 rings (SSSR count). The van der Waals surface area contributed by atoms with Gasteiger partial charge in [0.1, 0.15) is 22.7 Å². The fourth-order valence-corrected chi connectivity index (χ4v) is 2.64. The summed E-state index contributed by atoms with van der Waals surface area (Å²) >= 11 is 0. The Labute approximate surface area is 124 Å². The summed E-state index contributed by atoms with van der Waals surface area (Å²) in [4.78, 5) is 12.8. The van der Waals surface area contributed by atoms with Crippen LogP contribution in [0.25, 0.3) is 0 Å². The Morgan fingerprint density at radius 1 is 0.952 bits per heavy atom. The zero-order chi connectivity index (χ0) is 15.2. The van der Waals surface area contributed by atoms with Crippen LogP contribution in [0.3, 0.4) is 0 Å². The van der Waals surface area contributed by atoms with Crippen molar-refractivity contribution in [2.45, 2.75) is 5.66 Å². The monoisotopic (exact) mass is 302 g/mol. The predicted octanol–water partition coefficient (Wildman–Crippen LogP) is 3.92. The fourth-order valence-electron chi connectivity index (χ4n) is 2.13. The van der Waals surface area contributed by atoms with Crippen molar-refractivity contribution in [2.24, 2.45) is 0 Å². The number of hydrogen-bond donors (Lipinski definition) is 0. The summed E-state index contributed by atoms with van der Waals surface area (Å²) in [6.45, 7) is 0. The summed E-state index contributed by atoms with van der Waals surface area (Å²) in [5, 5.41) is 0. The Morgan fingerprint density at radius 2 is 1.52 bits per heavy atom. The second-order valence-corrected chi connectivity index (χ2v) is 5.05. The van der Waals surface area contributed by atoms with Gasteiger partial charge in [0.25, 0.3) is 0 Å². The van der Waals surface area contributed by atoms with Crippen LogP contribution in [0, 0.1) is 0 Å². The third-order valence-corrected chi connectivity index (χ3v) is 3.89. The molecule has 2 aromatic carbocycles. The van der Waals surface area contributed by atoms with E-state index >= 15 is 0 Å². The average Bonchev–Trinajstić information content (AvgIpc) is 2.55. The Bertz CT molecular complexity index is 618. The largest absolute Gasteiger partial charge is 0.496 e. The van der Waals surface area contributed by atoms with Gasteiger partial charge in [-0.2, -0.15) is 0 Å². The highest BCUT2D eigenvalue weighted by Crippen LogP contribution is 2.37. The quantitative estimate of drug-likeness (QED) is 0.599. The maximum absolute atomic E-state index is 12.8. The molecule has 0 saturated carbocycles. The first kappa shape index (κ1) is 15.2. The third kappa shape index (κ3) is 3.11. The second-order valence-electron chi connectivity index (χ2n) is 4.32. The van der Waals surface area contributed by atoms with Crippen LogP contribution in [0.15, 0.2) is 48.5 Å². The molecule has 4 nitrogen and oxygen atoms in total. The van der Waals surface area contributed by atoms with Gasteiger partial charge in [-0.15, -0.1) is 0 Å². The van der Waals surface area contributed by atoms with Crippen molar-refractivity contribution < 1.29 is 18.8 Å². The number of carbonyl (C=O) groups excluding carboxylic acids is 1. The normalized spacial score (nSPS) is 11.9. The lowest BCUT2D eigenvalue weighted by Crippen LogP contribution is -2.11. The smallest absolute Gasteiger partial charge is 0.189 e. The molecule has 0 fully saturated rings. The topological polar surface area (TPSA) is 52.6 Å². The highest BCUT2D eigenvalue weighted by molar-refractivity contribution is 7.26. The van der Waals surface area contributed by atoms with Crippen LogP contribution in [0.2, 0.25) is 0 Å². The lowest BCUT2D eigenvalue weighted by Gasteiger charge is -2.15. The van der Waals surface area contributed by atoms with Crippen molar-refractivity contribution in [3.8, 4) is 11.5 Å². The number of benzene rings is 2. The Kier molecular flexibility index (Phi) is 5.07. The zero-order valence-electron chi connectivity index (χ0n) is 11.8. The molecule has 0 N–H and O–H groups in total. The van der Waals surface area contributed by atoms with Crippen LogP contribution >= 0.6 is 8.46 Å². The van der Waals surface area contributed by atoms with Crippen LogP contribution in [0.1, 0.15) is 21.6 Å². The van der Waals surface area contributed by atoms with Crippen molar-refractivity contribution in [2.75, 3.05) is 14.2 Å². The molecule has 2 aromatic rings. The number of ketones is 1. The van der Waals surface area contributed by atoms with Gasteiger partial charge in [-0.1, -0.05) is 36.4 Å². The number of hydrogen-bond acceptors (Lipinski definition) is 4. The fraction of sp³-hybridized carbons (Fsp3) is 0.188. The van der Waals surface area contributed by atoms with Crippen LogP contribution in [0.4, 0.5) is 0 Å². The molecule has 0 spiro atoms. The van der Waals surface area contributed by atoms with E-state index in [1.54, 1.807) is 42.5 Å². The third-order valence-electron chi connectivity index (χ3n) is 3.14. The zero-order valence-corrected chi connectivity index (χ0v) is 12.7. The molecule has 21 heavy (non-hydrogen) atoms. The molecular formula is C16H15O4P. The van der Waals surface area contributed by atoms with Gasteiger partial charge in [0.2, 0.25) is 0 Å². The van der Waals surface area contributed by atoms with Gasteiger partial charge in [-0.25, -0.2) is 0 Å². The molecule has 0 aliphatic rings. The summed E-state index contributed by atoms with van der Waals surface area (Å²) < 4.78 is 22.0.